The summed E-state index contributed by atoms with van der Waals surface area (Å²) in [6.07, 6.45) is 2.45. The smallest absolute Gasteiger partial charge is 0.185 e. The van der Waals surface area contributed by atoms with Crippen LogP contribution in [0.1, 0.15) is 37.0 Å². The zero-order valence-electron chi connectivity index (χ0n) is 9.07. The third-order valence-corrected chi connectivity index (χ3v) is 2.31. The highest BCUT2D eigenvalue weighted by Crippen LogP contribution is 2.25. The van der Waals surface area contributed by atoms with Crippen LogP contribution in [0, 0.1) is 0 Å². The van der Waals surface area contributed by atoms with Gasteiger partial charge < -0.3 is 4.42 Å². The van der Waals surface area contributed by atoms with Gasteiger partial charge in [0.1, 0.15) is 5.58 Å². The Labute approximate surface area is 88.1 Å². The van der Waals surface area contributed by atoms with Gasteiger partial charge in [-0.2, -0.15) is 0 Å². The van der Waals surface area contributed by atoms with Crippen LogP contribution in [-0.2, 0) is 5.41 Å². The van der Waals surface area contributed by atoms with Crippen LogP contribution >= 0.6 is 0 Å². The zero-order valence-corrected chi connectivity index (χ0v) is 9.07. The lowest BCUT2D eigenvalue weighted by Gasteiger charge is -2.16. The van der Waals surface area contributed by atoms with Crippen molar-refractivity contribution in [3.8, 4) is 0 Å². The molecule has 0 saturated carbocycles. The maximum absolute atomic E-state index is 10.5. The van der Waals surface area contributed by atoms with Crippen molar-refractivity contribution >= 4 is 17.3 Å². The normalized spacial score (nSPS) is 11.9. The molecule has 0 saturated heterocycles. The molecule has 3 nitrogen and oxygen atoms in total. The third kappa shape index (κ3) is 1.77. The van der Waals surface area contributed by atoms with E-state index >= 15 is 0 Å². The van der Waals surface area contributed by atoms with E-state index in [0.717, 1.165) is 16.7 Å². The Kier molecular flexibility index (Phi) is 2.11. The number of aromatic nitrogens is 1. The summed E-state index contributed by atoms with van der Waals surface area (Å²) in [6, 6.07) is 3.59. The highest BCUT2D eigenvalue weighted by atomic mass is 16.3. The van der Waals surface area contributed by atoms with Crippen molar-refractivity contribution in [3.63, 3.8) is 0 Å². The maximum atomic E-state index is 10.5. The number of nitrogens with zero attached hydrogens (tertiary/aromatic N) is 1. The summed E-state index contributed by atoms with van der Waals surface area (Å²) in [5, 5.41) is 0.866. The van der Waals surface area contributed by atoms with Gasteiger partial charge >= 0.3 is 0 Å². The first-order chi connectivity index (χ1) is 7.00. The molecule has 3 heteroatoms. The second-order valence-corrected chi connectivity index (χ2v) is 4.62. The second-order valence-electron chi connectivity index (χ2n) is 4.62. The van der Waals surface area contributed by atoms with Crippen molar-refractivity contribution < 1.29 is 9.21 Å². The lowest BCUT2D eigenvalue weighted by molar-refractivity contribution is 0.110. The molecule has 15 heavy (non-hydrogen) atoms. The monoisotopic (exact) mass is 203 g/mol. The molecular formula is C12H13NO2. The van der Waals surface area contributed by atoms with E-state index in [0.29, 0.717) is 12.0 Å². The van der Waals surface area contributed by atoms with Crippen LogP contribution in [0.25, 0.3) is 11.0 Å². The van der Waals surface area contributed by atoms with E-state index in [1.54, 1.807) is 12.3 Å². The van der Waals surface area contributed by atoms with Crippen molar-refractivity contribution in [3.05, 3.63) is 29.8 Å². The molecule has 0 amide bonds. The van der Waals surface area contributed by atoms with E-state index in [9.17, 15) is 4.79 Å². The molecule has 0 aliphatic carbocycles. The van der Waals surface area contributed by atoms with Gasteiger partial charge in [-0.3, -0.25) is 9.78 Å². The topological polar surface area (TPSA) is 43.1 Å². The van der Waals surface area contributed by atoms with Crippen LogP contribution in [0.5, 0.6) is 0 Å². The van der Waals surface area contributed by atoms with Gasteiger partial charge in [0.2, 0.25) is 0 Å². The van der Waals surface area contributed by atoms with Crippen LogP contribution in [0.3, 0.4) is 0 Å². The molecule has 0 aromatic carbocycles. The molecule has 2 aromatic heterocycles. The predicted octanol–water partition coefficient (Wildman–Crippen LogP) is 2.94. The number of hydrogen-bond donors (Lipinski definition) is 0. The molecule has 0 unspecified atom stereocenters. The highest BCUT2D eigenvalue weighted by Gasteiger charge is 2.16. The average molecular weight is 203 g/mol. The summed E-state index contributed by atoms with van der Waals surface area (Å²) in [5.74, 6) is 0.345. The van der Waals surface area contributed by atoms with Crippen molar-refractivity contribution in [1.29, 1.82) is 0 Å². The number of hydrogen-bond acceptors (Lipinski definition) is 3. The molecule has 0 radical (unpaired) electrons. The van der Waals surface area contributed by atoms with Gasteiger partial charge in [-0.05, 0) is 6.07 Å². The van der Waals surface area contributed by atoms with E-state index in [2.05, 4.69) is 25.8 Å². The minimum atomic E-state index is -0.0116. The fraction of sp³-hybridized carbons (Fsp3) is 0.333. The van der Waals surface area contributed by atoms with Crippen molar-refractivity contribution in [2.24, 2.45) is 0 Å². The van der Waals surface area contributed by atoms with Gasteiger partial charge in [-0.25, -0.2) is 0 Å². The maximum Gasteiger partial charge on any atom is 0.185 e. The Morgan fingerprint density at radius 3 is 2.67 bits per heavy atom. The fourth-order valence-electron chi connectivity index (χ4n) is 1.42. The van der Waals surface area contributed by atoms with Crippen LogP contribution in [0.2, 0.25) is 0 Å². The Balaban J connectivity index is 2.60. The molecule has 0 aliphatic rings. The van der Waals surface area contributed by atoms with Gasteiger partial charge in [-0.1, -0.05) is 20.8 Å². The standard InChI is InChI=1S/C12H13NO2/c1-12(2,3)11-5-10-8(6-13-11)4-9(7-14)15-10/h4-7H,1-3H3. The number of furan rings is 1. The second kappa shape index (κ2) is 3.19. The SMILES string of the molecule is CC(C)(C)c1cc2oc(C=O)cc2cn1. The first kappa shape index (κ1) is 9.90. The number of fused-ring (bicyclic) bond motifs is 1. The molecule has 78 valence electrons. The van der Waals surface area contributed by atoms with Crippen molar-refractivity contribution in [2.75, 3.05) is 0 Å². The first-order valence-electron chi connectivity index (χ1n) is 4.86. The fourth-order valence-corrected chi connectivity index (χ4v) is 1.42. The lowest BCUT2D eigenvalue weighted by atomic mass is 9.91. The summed E-state index contributed by atoms with van der Waals surface area (Å²) in [6.45, 7) is 6.26. The molecular weight excluding hydrogens is 190 g/mol. The van der Waals surface area contributed by atoms with Gasteiger partial charge in [0.05, 0.1) is 0 Å². The first-order valence-corrected chi connectivity index (χ1v) is 4.86. The van der Waals surface area contributed by atoms with Gasteiger partial charge in [0, 0.05) is 28.8 Å². The van der Waals surface area contributed by atoms with E-state index in [4.69, 9.17) is 4.42 Å². The number of aldehydes is 1. The molecule has 2 heterocycles. The van der Waals surface area contributed by atoms with Gasteiger partial charge in [-0.15, -0.1) is 0 Å². The summed E-state index contributed by atoms with van der Waals surface area (Å²) in [5.41, 5.74) is 1.67. The van der Waals surface area contributed by atoms with Crippen LogP contribution < -0.4 is 0 Å². The number of pyridine rings is 1. The third-order valence-electron chi connectivity index (χ3n) is 2.31. The van der Waals surface area contributed by atoms with E-state index in [-0.39, 0.29) is 5.41 Å². The number of rotatable bonds is 1. The van der Waals surface area contributed by atoms with Crippen LogP contribution in [-0.4, -0.2) is 11.3 Å². The Morgan fingerprint density at radius 1 is 1.33 bits per heavy atom. The number of carbonyl (C=O) groups is 1. The van der Waals surface area contributed by atoms with Gasteiger partial charge in [0.15, 0.2) is 12.0 Å². The Bertz CT molecular complexity index is 506. The summed E-state index contributed by atoms with van der Waals surface area (Å²) < 4.78 is 5.34. The molecule has 0 aliphatic heterocycles. The molecule has 0 bridgehead atoms. The Morgan fingerprint density at radius 2 is 2.07 bits per heavy atom. The Hall–Kier alpha value is -1.64. The quantitative estimate of drug-likeness (QED) is 0.669. The molecule has 0 N–H and O–H groups in total. The van der Waals surface area contributed by atoms with Crippen molar-refractivity contribution in [1.82, 2.24) is 4.98 Å². The summed E-state index contributed by atoms with van der Waals surface area (Å²) >= 11 is 0. The highest BCUT2D eigenvalue weighted by molar-refractivity contribution is 5.84. The molecule has 2 aromatic rings. The van der Waals surface area contributed by atoms with E-state index in [1.165, 1.54) is 0 Å². The summed E-state index contributed by atoms with van der Waals surface area (Å²) in [4.78, 5) is 14.9. The summed E-state index contributed by atoms with van der Waals surface area (Å²) in [7, 11) is 0. The molecule has 0 atom stereocenters. The van der Waals surface area contributed by atoms with Crippen LogP contribution in [0.15, 0.2) is 22.7 Å². The molecule has 0 spiro atoms. The average Bonchev–Trinajstić information content (AvgIpc) is 2.57. The molecule has 2 rings (SSSR count). The minimum absolute atomic E-state index is 0.0116. The van der Waals surface area contributed by atoms with E-state index < -0.39 is 0 Å². The number of carbonyl (C=O) groups excluding carboxylic acids is 1. The van der Waals surface area contributed by atoms with Gasteiger partial charge in [0.25, 0.3) is 0 Å². The lowest BCUT2D eigenvalue weighted by Crippen LogP contribution is -2.12. The zero-order chi connectivity index (χ0) is 11.1. The van der Waals surface area contributed by atoms with Crippen molar-refractivity contribution in [2.45, 2.75) is 26.2 Å². The van der Waals surface area contributed by atoms with Crippen LogP contribution in [0.4, 0.5) is 0 Å². The van der Waals surface area contributed by atoms with E-state index in [1.807, 2.05) is 6.07 Å². The minimum Gasteiger partial charge on any atom is -0.453 e. The largest absolute Gasteiger partial charge is 0.453 e. The predicted molar refractivity (Wildman–Crippen MR) is 58.1 cm³/mol. The molecule has 0 fully saturated rings.